The minimum Gasteiger partial charge on any atom is -0.388 e. The van der Waals surface area contributed by atoms with Crippen LogP contribution in [-0.2, 0) is 6.54 Å². The van der Waals surface area contributed by atoms with Crippen molar-refractivity contribution >= 4 is 0 Å². The summed E-state index contributed by atoms with van der Waals surface area (Å²) >= 11 is 0. The highest BCUT2D eigenvalue weighted by molar-refractivity contribution is 5.69. The zero-order valence-electron chi connectivity index (χ0n) is 13.8. The van der Waals surface area contributed by atoms with E-state index in [0.717, 1.165) is 18.7 Å². The standard InChI is InChI=1S/C19H21N3O2/c1-21-9-7-19(24,8-10-21)14-22-13-16(12-20)17(11-18(22)23)15-5-3-2-4-6-15/h2-6,11,13,24H,7-10,14H2,1H3. The molecule has 0 saturated carbocycles. The molecule has 0 bridgehead atoms. The molecule has 0 radical (unpaired) electrons. The molecule has 1 aliphatic heterocycles. The summed E-state index contributed by atoms with van der Waals surface area (Å²) in [6.07, 6.45) is 2.82. The number of nitrogens with zero attached hydrogens (tertiary/aromatic N) is 3. The fraction of sp³-hybridized carbons (Fsp3) is 0.368. The lowest BCUT2D eigenvalue weighted by molar-refractivity contribution is -0.0297. The molecule has 5 heteroatoms. The van der Waals surface area contributed by atoms with Gasteiger partial charge in [0.15, 0.2) is 0 Å². The number of likely N-dealkylation sites (tertiary alicyclic amines) is 1. The Morgan fingerprint density at radius 3 is 2.54 bits per heavy atom. The number of benzene rings is 1. The van der Waals surface area contributed by atoms with Crippen LogP contribution in [0, 0.1) is 11.3 Å². The zero-order chi connectivity index (χ0) is 17.2. The zero-order valence-corrected chi connectivity index (χ0v) is 13.8. The predicted octanol–water partition coefficient (Wildman–Crippen LogP) is 1.84. The van der Waals surface area contributed by atoms with E-state index in [9.17, 15) is 15.2 Å². The highest BCUT2D eigenvalue weighted by Crippen LogP contribution is 2.25. The maximum Gasteiger partial charge on any atom is 0.251 e. The molecule has 5 nitrogen and oxygen atoms in total. The molecule has 1 N–H and O–H groups in total. The molecule has 24 heavy (non-hydrogen) atoms. The SMILES string of the molecule is CN1CCC(O)(Cn2cc(C#N)c(-c3ccccc3)cc2=O)CC1. The van der Waals surface area contributed by atoms with Crippen LogP contribution in [0.3, 0.4) is 0 Å². The molecule has 1 aromatic carbocycles. The van der Waals surface area contributed by atoms with E-state index in [1.165, 1.54) is 10.6 Å². The summed E-state index contributed by atoms with van der Waals surface area (Å²) in [5, 5.41) is 20.2. The molecule has 1 aromatic heterocycles. The summed E-state index contributed by atoms with van der Waals surface area (Å²) < 4.78 is 1.47. The van der Waals surface area contributed by atoms with Crippen LogP contribution in [0.25, 0.3) is 11.1 Å². The van der Waals surface area contributed by atoms with Crippen LogP contribution in [0.1, 0.15) is 18.4 Å². The van der Waals surface area contributed by atoms with Gasteiger partial charge in [0.2, 0.25) is 0 Å². The van der Waals surface area contributed by atoms with Crippen molar-refractivity contribution in [2.75, 3.05) is 20.1 Å². The molecule has 124 valence electrons. The van der Waals surface area contributed by atoms with Gasteiger partial charge < -0.3 is 14.6 Å². The molecular weight excluding hydrogens is 302 g/mol. The van der Waals surface area contributed by atoms with E-state index in [1.807, 2.05) is 37.4 Å². The minimum atomic E-state index is -0.892. The maximum absolute atomic E-state index is 12.5. The molecule has 0 spiro atoms. The Bertz CT molecular complexity index is 813. The Balaban J connectivity index is 1.94. The quantitative estimate of drug-likeness (QED) is 0.936. The fourth-order valence-corrected chi connectivity index (χ4v) is 3.15. The van der Waals surface area contributed by atoms with Gasteiger partial charge in [0.1, 0.15) is 6.07 Å². The Labute approximate surface area is 141 Å². The average molecular weight is 323 g/mol. The van der Waals surface area contributed by atoms with Crippen LogP contribution in [0.4, 0.5) is 0 Å². The summed E-state index contributed by atoms with van der Waals surface area (Å²) in [6, 6.07) is 13.1. The topological polar surface area (TPSA) is 69.3 Å². The molecule has 0 amide bonds. The van der Waals surface area contributed by atoms with Gasteiger partial charge in [-0.05, 0) is 25.5 Å². The third-order valence-electron chi connectivity index (χ3n) is 4.71. The number of aliphatic hydroxyl groups is 1. The molecule has 2 heterocycles. The van der Waals surface area contributed by atoms with Crippen molar-refractivity contribution in [2.24, 2.45) is 0 Å². The largest absolute Gasteiger partial charge is 0.388 e. The first-order valence-corrected chi connectivity index (χ1v) is 8.12. The van der Waals surface area contributed by atoms with E-state index in [2.05, 4.69) is 11.0 Å². The molecule has 3 rings (SSSR count). The van der Waals surface area contributed by atoms with Crippen LogP contribution >= 0.6 is 0 Å². The van der Waals surface area contributed by atoms with E-state index in [4.69, 9.17) is 0 Å². The van der Waals surface area contributed by atoms with E-state index in [1.54, 1.807) is 6.20 Å². The van der Waals surface area contributed by atoms with Gasteiger partial charge in [0.25, 0.3) is 5.56 Å². The van der Waals surface area contributed by atoms with Crippen LogP contribution in [0.5, 0.6) is 0 Å². The van der Waals surface area contributed by atoms with Gasteiger partial charge in [0, 0.05) is 30.9 Å². The van der Waals surface area contributed by atoms with E-state index in [0.29, 0.717) is 24.0 Å². The van der Waals surface area contributed by atoms with Crippen LogP contribution in [-0.4, -0.2) is 40.3 Å². The summed E-state index contributed by atoms with van der Waals surface area (Å²) in [7, 11) is 2.02. The van der Waals surface area contributed by atoms with E-state index >= 15 is 0 Å². The van der Waals surface area contributed by atoms with Crippen LogP contribution in [0.2, 0.25) is 0 Å². The summed E-state index contributed by atoms with van der Waals surface area (Å²) in [5.41, 5.74) is 0.834. The Morgan fingerprint density at radius 2 is 1.92 bits per heavy atom. The van der Waals surface area contributed by atoms with Crippen molar-refractivity contribution in [1.29, 1.82) is 5.26 Å². The van der Waals surface area contributed by atoms with Crippen molar-refractivity contribution in [3.8, 4) is 17.2 Å². The lowest BCUT2D eigenvalue weighted by Crippen LogP contribution is -2.46. The summed E-state index contributed by atoms with van der Waals surface area (Å²) in [4.78, 5) is 14.7. The van der Waals surface area contributed by atoms with Gasteiger partial charge in [-0.2, -0.15) is 5.26 Å². The number of hydrogen-bond acceptors (Lipinski definition) is 4. The average Bonchev–Trinajstić information content (AvgIpc) is 2.60. The van der Waals surface area contributed by atoms with Crippen molar-refractivity contribution in [2.45, 2.75) is 25.0 Å². The van der Waals surface area contributed by atoms with Gasteiger partial charge in [0.05, 0.1) is 17.7 Å². The molecule has 0 unspecified atom stereocenters. The number of piperidine rings is 1. The van der Waals surface area contributed by atoms with Crippen molar-refractivity contribution in [1.82, 2.24) is 9.47 Å². The smallest absolute Gasteiger partial charge is 0.251 e. The van der Waals surface area contributed by atoms with Crippen LogP contribution < -0.4 is 5.56 Å². The highest BCUT2D eigenvalue weighted by atomic mass is 16.3. The third kappa shape index (κ3) is 3.40. The Morgan fingerprint density at radius 1 is 1.25 bits per heavy atom. The van der Waals surface area contributed by atoms with Crippen molar-refractivity contribution in [3.63, 3.8) is 0 Å². The van der Waals surface area contributed by atoms with Crippen molar-refractivity contribution in [3.05, 3.63) is 58.5 Å². The molecule has 2 aromatic rings. The number of aromatic nitrogens is 1. The summed E-state index contributed by atoms with van der Waals surface area (Å²) in [6.45, 7) is 1.83. The Hall–Kier alpha value is -2.42. The molecule has 0 aliphatic carbocycles. The first kappa shape index (κ1) is 16.4. The first-order chi connectivity index (χ1) is 11.5. The number of hydrogen-bond donors (Lipinski definition) is 1. The number of rotatable bonds is 3. The first-order valence-electron chi connectivity index (χ1n) is 8.12. The monoisotopic (exact) mass is 323 g/mol. The second kappa shape index (κ2) is 6.60. The molecule has 0 atom stereocenters. The fourth-order valence-electron chi connectivity index (χ4n) is 3.15. The Kier molecular flexibility index (Phi) is 4.52. The lowest BCUT2D eigenvalue weighted by atomic mass is 9.91. The summed E-state index contributed by atoms with van der Waals surface area (Å²) in [5.74, 6) is 0. The van der Waals surface area contributed by atoms with E-state index in [-0.39, 0.29) is 12.1 Å². The van der Waals surface area contributed by atoms with Gasteiger partial charge in [-0.15, -0.1) is 0 Å². The highest BCUT2D eigenvalue weighted by Gasteiger charge is 2.32. The number of pyridine rings is 1. The lowest BCUT2D eigenvalue weighted by Gasteiger charge is -2.36. The second-order valence-corrected chi connectivity index (χ2v) is 6.57. The van der Waals surface area contributed by atoms with Crippen LogP contribution in [0.15, 0.2) is 47.4 Å². The molecule has 1 fully saturated rings. The van der Waals surface area contributed by atoms with Gasteiger partial charge in [-0.3, -0.25) is 4.79 Å². The second-order valence-electron chi connectivity index (χ2n) is 6.57. The maximum atomic E-state index is 12.5. The van der Waals surface area contributed by atoms with Gasteiger partial charge >= 0.3 is 0 Å². The molecule has 1 saturated heterocycles. The molecule has 1 aliphatic rings. The molecular formula is C19H21N3O2. The van der Waals surface area contributed by atoms with Gasteiger partial charge in [-0.1, -0.05) is 30.3 Å². The van der Waals surface area contributed by atoms with E-state index < -0.39 is 5.60 Å². The third-order valence-corrected chi connectivity index (χ3v) is 4.71. The normalized spacial score (nSPS) is 17.4. The van der Waals surface area contributed by atoms with Crippen molar-refractivity contribution < 1.29 is 5.11 Å². The van der Waals surface area contributed by atoms with Gasteiger partial charge in [-0.25, -0.2) is 0 Å². The minimum absolute atomic E-state index is 0.194. The predicted molar refractivity (Wildman–Crippen MR) is 92.5 cm³/mol. The number of nitriles is 1.